The van der Waals surface area contributed by atoms with Gasteiger partial charge in [-0.1, -0.05) is 0 Å². The Kier molecular flexibility index (Phi) is 4.16. The van der Waals surface area contributed by atoms with Crippen molar-refractivity contribution in [2.24, 2.45) is 0 Å². The van der Waals surface area contributed by atoms with Gasteiger partial charge in [0, 0.05) is 11.7 Å². The van der Waals surface area contributed by atoms with E-state index in [1.807, 2.05) is 27.7 Å². The van der Waals surface area contributed by atoms with Crippen molar-refractivity contribution in [1.82, 2.24) is 29.9 Å². The number of aryl methyl sites for hydroxylation is 1. The number of hydrogen-bond donors (Lipinski definition) is 1. The molecule has 0 saturated heterocycles. The van der Waals surface area contributed by atoms with E-state index in [0.717, 1.165) is 17.0 Å². The quantitative estimate of drug-likeness (QED) is 0.867. The minimum atomic E-state index is -0.0526. The molecule has 0 spiro atoms. The van der Waals surface area contributed by atoms with Crippen LogP contribution in [0.5, 0.6) is 0 Å². The molecule has 0 aromatic carbocycles. The molecule has 1 unspecified atom stereocenters. The Balaban J connectivity index is 1.90. The molecule has 0 fully saturated rings. The highest BCUT2D eigenvalue weighted by Crippen LogP contribution is 2.10. The van der Waals surface area contributed by atoms with Crippen LogP contribution in [0.3, 0.4) is 0 Å². The van der Waals surface area contributed by atoms with Crippen molar-refractivity contribution in [2.45, 2.75) is 46.8 Å². The SMILES string of the molecule is Cc1nn(CC(=O)NC(C)Cn2cncn2)c(C)c1C. The molecule has 1 N–H and O–H groups in total. The predicted octanol–water partition coefficient (Wildman–Crippen LogP) is 0.605. The highest BCUT2D eigenvalue weighted by atomic mass is 16.2. The van der Waals surface area contributed by atoms with Gasteiger partial charge in [-0.3, -0.25) is 14.2 Å². The maximum Gasteiger partial charge on any atom is 0.242 e. The summed E-state index contributed by atoms with van der Waals surface area (Å²) in [5.74, 6) is -0.0526. The van der Waals surface area contributed by atoms with Crippen LogP contribution in [-0.2, 0) is 17.9 Å². The maximum absolute atomic E-state index is 12.0. The van der Waals surface area contributed by atoms with Crippen LogP contribution >= 0.6 is 0 Å². The van der Waals surface area contributed by atoms with Crippen LogP contribution in [0.25, 0.3) is 0 Å². The van der Waals surface area contributed by atoms with Crippen LogP contribution in [0.1, 0.15) is 23.9 Å². The van der Waals surface area contributed by atoms with E-state index >= 15 is 0 Å². The Morgan fingerprint density at radius 2 is 2.15 bits per heavy atom. The Bertz CT molecular complexity index is 586. The third-order valence-electron chi connectivity index (χ3n) is 3.37. The van der Waals surface area contributed by atoms with Gasteiger partial charge in [0.05, 0.1) is 12.2 Å². The largest absolute Gasteiger partial charge is 0.350 e. The van der Waals surface area contributed by atoms with E-state index in [1.165, 1.54) is 6.33 Å². The lowest BCUT2D eigenvalue weighted by Gasteiger charge is -2.14. The molecule has 0 radical (unpaired) electrons. The maximum atomic E-state index is 12.0. The number of rotatable bonds is 5. The molecule has 0 aliphatic rings. The number of aromatic nitrogens is 5. The number of nitrogens with zero attached hydrogens (tertiary/aromatic N) is 5. The summed E-state index contributed by atoms with van der Waals surface area (Å²) in [6.45, 7) is 8.71. The van der Waals surface area contributed by atoms with Crippen LogP contribution in [0.4, 0.5) is 0 Å². The van der Waals surface area contributed by atoms with Gasteiger partial charge in [-0.05, 0) is 33.3 Å². The monoisotopic (exact) mass is 276 g/mol. The average molecular weight is 276 g/mol. The molecule has 2 aromatic rings. The van der Waals surface area contributed by atoms with Gasteiger partial charge in [-0.25, -0.2) is 4.98 Å². The Labute approximate surface area is 118 Å². The molecule has 7 heteroatoms. The minimum absolute atomic E-state index is 0.0118. The first-order valence-corrected chi connectivity index (χ1v) is 6.59. The summed E-state index contributed by atoms with van der Waals surface area (Å²) >= 11 is 0. The fourth-order valence-electron chi connectivity index (χ4n) is 2.05. The van der Waals surface area contributed by atoms with Crippen LogP contribution < -0.4 is 5.32 Å². The van der Waals surface area contributed by atoms with Gasteiger partial charge < -0.3 is 5.32 Å². The number of amides is 1. The van der Waals surface area contributed by atoms with E-state index in [2.05, 4.69) is 20.5 Å². The lowest BCUT2D eigenvalue weighted by Crippen LogP contribution is -2.38. The second-order valence-corrected chi connectivity index (χ2v) is 5.04. The van der Waals surface area contributed by atoms with Gasteiger partial charge in [-0.15, -0.1) is 0 Å². The van der Waals surface area contributed by atoms with Crippen molar-refractivity contribution in [2.75, 3.05) is 0 Å². The fourth-order valence-corrected chi connectivity index (χ4v) is 2.05. The second-order valence-electron chi connectivity index (χ2n) is 5.04. The Morgan fingerprint density at radius 3 is 2.70 bits per heavy atom. The van der Waals surface area contributed by atoms with Crippen molar-refractivity contribution in [3.63, 3.8) is 0 Å². The molecule has 7 nitrogen and oxygen atoms in total. The van der Waals surface area contributed by atoms with Crippen molar-refractivity contribution in [1.29, 1.82) is 0 Å². The van der Waals surface area contributed by atoms with Crippen LogP contribution in [0.2, 0.25) is 0 Å². The highest BCUT2D eigenvalue weighted by Gasteiger charge is 2.13. The van der Waals surface area contributed by atoms with E-state index in [-0.39, 0.29) is 18.5 Å². The molecule has 2 rings (SSSR count). The van der Waals surface area contributed by atoms with Crippen LogP contribution in [0.15, 0.2) is 12.7 Å². The van der Waals surface area contributed by atoms with Crippen molar-refractivity contribution < 1.29 is 4.79 Å². The van der Waals surface area contributed by atoms with Gasteiger partial charge in [0.25, 0.3) is 0 Å². The molecule has 20 heavy (non-hydrogen) atoms. The molecule has 0 bridgehead atoms. The summed E-state index contributed by atoms with van der Waals surface area (Å²) in [6, 6.07) is -0.0118. The standard InChI is InChI=1S/C13H20N6O/c1-9(5-18-8-14-7-15-18)16-13(20)6-19-12(4)10(2)11(3)17-19/h7-9H,5-6H2,1-4H3,(H,16,20). The van der Waals surface area contributed by atoms with Gasteiger partial charge >= 0.3 is 0 Å². The van der Waals surface area contributed by atoms with E-state index < -0.39 is 0 Å². The number of carbonyl (C=O) groups excluding carboxylic acids is 1. The molecule has 1 atom stereocenters. The molecule has 2 heterocycles. The summed E-state index contributed by atoms with van der Waals surface area (Å²) in [5.41, 5.74) is 3.13. The summed E-state index contributed by atoms with van der Waals surface area (Å²) < 4.78 is 3.43. The predicted molar refractivity (Wildman–Crippen MR) is 74.1 cm³/mol. The Morgan fingerprint density at radius 1 is 1.40 bits per heavy atom. The van der Waals surface area contributed by atoms with Crippen LogP contribution in [0, 0.1) is 20.8 Å². The molecule has 108 valence electrons. The topological polar surface area (TPSA) is 77.6 Å². The third-order valence-corrected chi connectivity index (χ3v) is 3.37. The van der Waals surface area contributed by atoms with E-state index in [9.17, 15) is 4.79 Å². The zero-order valence-corrected chi connectivity index (χ0v) is 12.3. The van der Waals surface area contributed by atoms with E-state index in [1.54, 1.807) is 15.7 Å². The summed E-state index contributed by atoms with van der Waals surface area (Å²) in [4.78, 5) is 15.9. The highest BCUT2D eigenvalue weighted by molar-refractivity contribution is 5.76. The zero-order chi connectivity index (χ0) is 14.7. The first-order valence-electron chi connectivity index (χ1n) is 6.59. The zero-order valence-electron chi connectivity index (χ0n) is 12.3. The Hall–Kier alpha value is -2.18. The van der Waals surface area contributed by atoms with Crippen molar-refractivity contribution in [3.05, 3.63) is 29.6 Å². The minimum Gasteiger partial charge on any atom is -0.350 e. The smallest absolute Gasteiger partial charge is 0.242 e. The van der Waals surface area contributed by atoms with Gasteiger partial charge in [0.15, 0.2) is 0 Å². The molecule has 0 saturated carbocycles. The summed E-state index contributed by atoms with van der Waals surface area (Å²) in [6.07, 6.45) is 3.11. The summed E-state index contributed by atoms with van der Waals surface area (Å²) in [7, 11) is 0. The number of hydrogen-bond acceptors (Lipinski definition) is 4. The lowest BCUT2D eigenvalue weighted by atomic mass is 10.2. The third kappa shape index (κ3) is 3.23. The van der Waals surface area contributed by atoms with E-state index in [0.29, 0.717) is 6.54 Å². The normalized spacial score (nSPS) is 12.4. The van der Waals surface area contributed by atoms with Gasteiger partial charge in [-0.2, -0.15) is 10.2 Å². The van der Waals surface area contributed by atoms with Crippen molar-refractivity contribution in [3.8, 4) is 0 Å². The van der Waals surface area contributed by atoms with Gasteiger partial charge in [0.2, 0.25) is 5.91 Å². The summed E-state index contributed by atoms with van der Waals surface area (Å²) in [5, 5.41) is 11.3. The molecule has 0 aliphatic heterocycles. The number of nitrogens with one attached hydrogen (secondary N) is 1. The van der Waals surface area contributed by atoms with E-state index in [4.69, 9.17) is 0 Å². The first kappa shape index (κ1) is 14.2. The lowest BCUT2D eigenvalue weighted by molar-refractivity contribution is -0.122. The molecular weight excluding hydrogens is 256 g/mol. The van der Waals surface area contributed by atoms with Crippen LogP contribution in [-0.4, -0.2) is 36.5 Å². The molecule has 0 aliphatic carbocycles. The van der Waals surface area contributed by atoms with Gasteiger partial charge in [0.1, 0.15) is 19.2 Å². The molecular formula is C13H20N6O. The fraction of sp³-hybridized carbons (Fsp3) is 0.538. The first-order chi connectivity index (χ1) is 9.47. The second kappa shape index (κ2) is 5.85. The molecule has 1 amide bonds. The molecule has 2 aromatic heterocycles. The average Bonchev–Trinajstić information content (AvgIpc) is 2.95. The number of carbonyl (C=O) groups is 1. The van der Waals surface area contributed by atoms with Crippen molar-refractivity contribution >= 4 is 5.91 Å².